The maximum absolute atomic E-state index is 13.2. The van der Waals surface area contributed by atoms with Crippen LogP contribution >= 0.6 is 11.6 Å². The van der Waals surface area contributed by atoms with E-state index in [1.54, 1.807) is 0 Å². The molecule has 0 atom stereocenters. The van der Waals surface area contributed by atoms with Crippen LogP contribution in [0.15, 0.2) is 36.4 Å². The molecule has 9 heteroatoms. The van der Waals surface area contributed by atoms with Gasteiger partial charge in [-0.05, 0) is 35.9 Å². The smallest absolute Gasteiger partial charge is 0.313 e. The Morgan fingerprint density at radius 2 is 1.79 bits per heavy atom. The summed E-state index contributed by atoms with van der Waals surface area (Å²) in [5.41, 5.74) is 1.37. The summed E-state index contributed by atoms with van der Waals surface area (Å²) in [6.45, 7) is 3.15. The molecule has 2 heterocycles. The molecule has 0 unspecified atom stereocenters. The third kappa shape index (κ3) is 4.44. The summed E-state index contributed by atoms with van der Waals surface area (Å²) in [4.78, 5) is 28.3. The maximum Gasteiger partial charge on any atom is 0.313 e. The molecule has 152 valence electrons. The van der Waals surface area contributed by atoms with Gasteiger partial charge in [-0.25, -0.2) is 4.39 Å². The number of halogens is 2. The van der Waals surface area contributed by atoms with Gasteiger partial charge in [-0.1, -0.05) is 17.7 Å². The van der Waals surface area contributed by atoms with Crippen LogP contribution in [-0.4, -0.2) is 54.6 Å². The van der Waals surface area contributed by atoms with Gasteiger partial charge in [0.2, 0.25) is 6.79 Å². The van der Waals surface area contributed by atoms with Crippen molar-refractivity contribution >= 4 is 29.1 Å². The zero-order valence-corrected chi connectivity index (χ0v) is 16.2. The van der Waals surface area contributed by atoms with Gasteiger partial charge in [-0.15, -0.1) is 0 Å². The predicted molar refractivity (Wildman–Crippen MR) is 104 cm³/mol. The van der Waals surface area contributed by atoms with Gasteiger partial charge in [0.05, 0.1) is 5.02 Å². The van der Waals surface area contributed by atoms with Gasteiger partial charge in [0.1, 0.15) is 5.82 Å². The second-order valence-electron chi connectivity index (χ2n) is 6.84. The molecule has 2 aliphatic rings. The number of benzene rings is 2. The molecule has 2 aromatic carbocycles. The molecule has 1 fully saturated rings. The minimum absolute atomic E-state index is 0.118. The average Bonchev–Trinajstić information content (AvgIpc) is 3.18. The summed E-state index contributed by atoms with van der Waals surface area (Å²) in [6, 6.07) is 9.61. The molecule has 0 spiro atoms. The number of rotatable bonds is 3. The van der Waals surface area contributed by atoms with Gasteiger partial charge in [-0.3, -0.25) is 14.5 Å². The monoisotopic (exact) mass is 419 g/mol. The average molecular weight is 420 g/mol. The first kappa shape index (κ1) is 19.5. The standard InChI is InChI=1S/C20H19ClFN3O4/c21-15-10-14(2-3-16(15)22)23-19(26)20(27)25-7-5-24(6-8-25)11-13-1-4-17-18(9-13)29-12-28-17/h1-4,9-10H,5-8,11-12H2,(H,23,26). The van der Waals surface area contributed by atoms with Crippen LogP contribution in [0.1, 0.15) is 5.56 Å². The van der Waals surface area contributed by atoms with Crippen LogP contribution in [0, 0.1) is 5.82 Å². The van der Waals surface area contributed by atoms with Crippen molar-refractivity contribution in [2.75, 3.05) is 38.3 Å². The second kappa shape index (κ2) is 8.26. The summed E-state index contributed by atoms with van der Waals surface area (Å²) >= 11 is 5.70. The maximum atomic E-state index is 13.2. The number of anilines is 1. The number of nitrogens with one attached hydrogen (secondary N) is 1. The van der Waals surface area contributed by atoms with Gasteiger partial charge in [-0.2, -0.15) is 0 Å². The van der Waals surface area contributed by atoms with E-state index in [4.69, 9.17) is 21.1 Å². The van der Waals surface area contributed by atoms with Crippen LogP contribution in [-0.2, 0) is 16.1 Å². The van der Waals surface area contributed by atoms with Crippen LogP contribution in [0.3, 0.4) is 0 Å². The Morgan fingerprint density at radius 1 is 1.03 bits per heavy atom. The fourth-order valence-corrected chi connectivity index (χ4v) is 3.49. The van der Waals surface area contributed by atoms with E-state index in [0.29, 0.717) is 26.2 Å². The van der Waals surface area contributed by atoms with Crippen molar-refractivity contribution in [2.24, 2.45) is 0 Å². The number of fused-ring (bicyclic) bond motifs is 1. The topological polar surface area (TPSA) is 71.1 Å². The van der Waals surface area contributed by atoms with E-state index in [2.05, 4.69) is 10.2 Å². The molecule has 2 amide bonds. The summed E-state index contributed by atoms with van der Waals surface area (Å²) in [5.74, 6) is -0.480. The second-order valence-corrected chi connectivity index (χ2v) is 7.25. The minimum Gasteiger partial charge on any atom is -0.454 e. The van der Waals surface area contributed by atoms with Crippen molar-refractivity contribution in [1.29, 1.82) is 0 Å². The predicted octanol–water partition coefficient (Wildman–Crippen LogP) is 2.49. The molecule has 0 saturated carbocycles. The zero-order valence-electron chi connectivity index (χ0n) is 15.5. The van der Waals surface area contributed by atoms with Crippen LogP contribution < -0.4 is 14.8 Å². The van der Waals surface area contributed by atoms with E-state index >= 15 is 0 Å². The van der Waals surface area contributed by atoms with Crippen molar-refractivity contribution in [2.45, 2.75) is 6.54 Å². The molecule has 7 nitrogen and oxygen atoms in total. The number of amides is 2. The van der Waals surface area contributed by atoms with Crippen LogP contribution in [0.2, 0.25) is 5.02 Å². The highest BCUT2D eigenvalue weighted by Gasteiger charge is 2.26. The number of piperazine rings is 1. The highest BCUT2D eigenvalue weighted by Crippen LogP contribution is 2.32. The van der Waals surface area contributed by atoms with E-state index in [9.17, 15) is 14.0 Å². The first-order valence-electron chi connectivity index (χ1n) is 9.16. The Balaban J connectivity index is 1.28. The number of carbonyl (C=O) groups excluding carboxylic acids is 2. The lowest BCUT2D eigenvalue weighted by Crippen LogP contribution is -2.51. The van der Waals surface area contributed by atoms with Crippen molar-refractivity contribution in [3.63, 3.8) is 0 Å². The van der Waals surface area contributed by atoms with Crippen molar-refractivity contribution in [3.8, 4) is 11.5 Å². The van der Waals surface area contributed by atoms with Crippen molar-refractivity contribution in [1.82, 2.24) is 9.80 Å². The van der Waals surface area contributed by atoms with E-state index in [-0.39, 0.29) is 17.5 Å². The Hall–Kier alpha value is -2.84. The summed E-state index contributed by atoms with van der Waals surface area (Å²) in [7, 11) is 0. The zero-order chi connectivity index (χ0) is 20.4. The molecule has 0 radical (unpaired) electrons. The Morgan fingerprint density at radius 3 is 2.55 bits per heavy atom. The van der Waals surface area contributed by atoms with E-state index in [1.807, 2.05) is 18.2 Å². The number of hydrogen-bond acceptors (Lipinski definition) is 5. The lowest BCUT2D eigenvalue weighted by atomic mass is 10.1. The highest BCUT2D eigenvalue weighted by atomic mass is 35.5. The van der Waals surface area contributed by atoms with Gasteiger partial charge >= 0.3 is 11.8 Å². The molecule has 1 N–H and O–H groups in total. The van der Waals surface area contributed by atoms with Gasteiger partial charge in [0.25, 0.3) is 0 Å². The van der Waals surface area contributed by atoms with Gasteiger partial charge in [0, 0.05) is 38.4 Å². The normalized spacial score (nSPS) is 16.0. The Bertz CT molecular complexity index is 947. The third-order valence-electron chi connectivity index (χ3n) is 4.87. The summed E-state index contributed by atoms with van der Waals surface area (Å²) < 4.78 is 23.9. The lowest BCUT2D eigenvalue weighted by Gasteiger charge is -2.34. The van der Waals surface area contributed by atoms with Crippen molar-refractivity contribution in [3.05, 3.63) is 52.8 Å². The third-order valence-corrected chi connectivity index (χ3v) is 5.16. The van der Waals surface area contributed by atoms with Gasteiger partial charge < -0.3 is 19.7 Å². The summed E-state index contributed by atoms with van der Waals surface area (Å²) in [5, 5.41) is 2.34. The molecule has 29 heavy (non-hydrogen) atoms. The van der Waals surface area contributed by atoms with Crippen LogP contribution in [0.5, 0.6) is 11.5 Å². The van der Waals surface area contributed by atoms with Crippen molar-refractivity contribution < 1.29 is 23.5 Å². The largest absolute Gasteiger partial charge is 0.454 e. The van der Waals surface area contributed by atoms with E-state index in [0.717, 1.165) is 29.7 Å². The molecular formula is C20H19ClFN3O4. The number of hydrogen-bond donors (Lipinski definition) is 1. The molecule has 1 saturated heterocycles. The highest BCUT2D eigenvalue weighted by molar-refractivity contribution is 6.39. The number of nitrogens with zero attached hydrogens (tertiary/aromatic N) is 2. The molecule has 0 aromatic heterocycles. The van der Waals surface area contributed by atoms with Gasteiger partial charge in [0.15, 0.2) is 11.5 Å². The number of carbonyl (C=O) groups is 2. The molecule has 0 aliphatic carbocycles. The van der Waals surface area contributed by atoms with E-state index in [1.165, 1.54) is 17.0 Å². The molecule has 2 aromatic rings. The molecule has 4 rings (SSSR count). The fraction of sp³-hybridized carbons (Fsp3) is 0.300. The fourth-order valence-electron chi connectivity index (χ4n) is 3.31. The molecule has 0 bridgehead atoms. The first-order valence-corrected chi connectivity index (χ1v) is 9.53. The minimum atomic E-state index is -0.767. The first-order chi connectivity index (χ1) is 14.0. The molecular weight excluding hydrogens is 401 g/mol. The SMILES string of the molecule is O=C(Nc1ccc(F)c(Cl)c1)C(=O)N1CCN(Cc2ccc3c(c2)OCO3)CC1. The van der Waals surface area contributed by atoms with Crippen LogP contribution in [0.4, 0.5) is 10.1 Å². The van der Waals surface area contributed by atoms with Crippen LogP contribution in [0.25, 0.3) is 0 Å². The Kier molecular flexibility index (Phi) is 5.55. The Labute approximate surface area is 171 Å². The quantitative estimate of drug-likeness (QED) is 0.774. The van der Waals surface area contributed by atoms with E-state index < -0.39 is 17.6 Å². The lowest BCUT2D eigenvalue weighted by molar-refractivity contribution is -0.144. The molecule has 2 aliphatic heterocycles. The number of ether oxygens (including phenoxy) is 2. The summed E-state index contributed by atoms with van der Waals surface area (Å²) in [6.07, 6.45) is 0.